The molecule has 3 rings (SSSR count). The number of carbonyl (C=O) groups is 1. The van der Waals surface area contributed by atoms with Crippen molar-refractivity contribution >= 4 is 23.8 Å². The van der Waals surface area contributed by atoms with E-state index in [0.717, 1.165) is 17.0 Å². The Hall–Kier alpha value is -3.08. The van der Waals surface area contributed by atoms with Gasteiger partial charge in [-0.1, -0.05) is 19.0 Å². The lowest BCUT2D eigenvalue weighted by Gasteiger charge is -2.24. The van der Waals surface area contributed by atoms with Gasteiger partial charge in [0.1, 0.15) is 24.7 Å². The van der Waals surface area contributed by atoms with E-state index >= 15 is 0 Å². The zero-order chi connectivity index (χ0) is 20.7. The molecule has 1 atom stereocenters. The minimum Gasteiger partial charge on any atom is -0.442 e. The Bertz CT molecular complexity index is 723. The number of oxime groups is 1. The number of benzene rings is 1. The van der Waals surface area contributed by atoms with Gasteiger partial charge in [0.05, 0.1) is 25.3 Å². The third-order valence-corrected chi connectivity index (χ3v) is 3.85. The molecule has 0 spiro atoms. The van der Waals surface area contributed by atoms with Gasteiger partial charge in [-0.25, -0.2) is 19.4 Å². The quantitative estimate of drug-likeness (QED) is 0.574. The Balaban J connectivity index is 0.00000136. The maximum Gasteiger partial charge on any atom is 0.414 e. The van der Waals surface area contributed by atoms with Crippen LogP contribution in [0.25, 0.3) is 0 Å². The molecular formula is C17H24F2N6O3. The van der Waals surface area contributed by atoms with Gasteiger partial charge in [-0.05, 0) is 0 Å². The SMILES string of the molecule is CC.N/C=C\N(N)CC1CN(c2cc(F)c(N3C=NOCC3)c(F)c2)C(=O)O1. The van der Waals surface area contributed by atoms with Crippen LogP contribution in [0.3, 0.4) is 0 Å². The molecular weight excluding hydrogens is 374 g/mol. The first-order valence-electron chi connectivity index (χ1n) is 8.78. The summed E-state index contributed by atoms with van der Waals surface area (Å²) in [4.78, 5) is 19.3. The van der Waals surface area contributed by atoms with Crippen LogP contribution in [0.2, 0.25) is 0 Å². The third-order valence-electron chi connectivity index (χ3n) is 3.85. The molecule has 1 aromatic carbocycles. The second-order valence-electron chi connectivity index (χ2n) is 5.66. The molecule has 11 heteroatoms. The summed E-state index contributed by atoms with van der Waals surface area (Å²) in [7, 11) is 0. The standard InChI is InChI=1S/C15H18F2N6O3.C2H6/c16-12-5-10(6-13(17)14(12)21-3-4-25-20-9-21)23-8-11(26-15(23)24)7-22(19)2-1-18;1-2/h1-2,5-6,9,11H,3-4,7-8,18-19H2;1-2H3/b2-1-;. The summed E-state index contributed by atoms with van der Waals surface area (Å²) in [5.41, 5.74) is 5.03. The highest BCUT2D eigenvalue weighted by molar-refractivity contribution is 5.90. The summed E-state index contributed by atoms with van der Waals surface area (Å²) in [5, 5.41) is 4.79. The van der Waals surface area contributed by atoms with Crippen molar-refractivity contribution < 1.29 is 23.1 Å². The first kappa shape index (κ1) is 21.2. The van der Waals surface area contributed by atoms with Crippen LogP contribution in [0.1, 0.15) is 13.8 Å². The van der Waals surface area contributed by atoms with Crippen molar-refractivity contribution in [1.82, 2.24) is 5.01 Å². The third kappa shape index (κ3) is 4.80. The van der Waals surface area contributed by atoms with E-state index in [1.54, 1.807) is 0 Å². The zero-order valence-corrected chi connectivity index (χ0v) is 15.7. The van der Waals surface area contributed by atoms with Gasteiger partial charge in [0.25, 0.3) is 0 Å². The van der Waals surface area contributed by atoms with Gasteiger partial charge < -0.3 is 25.2 Å². The van der Waals surface area contributed by atoms with Crippen molar-refractivity contribution in [1.29, 1.82) is 0 Å². The number of carbonyl (C=O) groups excluding carboxylic acids is 1. The fourth-order valence-electron chi connectivity index (χ4n) is 2.73. The number of cyclic esters (lactones) is 1. The van der Waals surface area contributed by atoms with Gasteiger partial charge in [-0.15, -0.1) is 0 Å². The lowest BCUT2D eigenvalue weighted by molar-refractivity contribution is 0.122. The predicted molar refractivity (Wildman–Crippen MR) is 101 cm³/mol. The molecule has 1 aromatic rings. The lowest BCUT2D eigenvalue weighted by Crippen LogP contribution is -2.36. The molecule has 1 unspecified atom stereocenters. The van der Waals surface area contributed by atoms with Crippen LogP contribution in [-0.4, -0.2) is 49.8 Å². The summed E-state index contributed by atoms with van der Waals surface area (Å²) in [6.45, 7) is 4.75. The van der Waals surface area contributed by atoms with Gasteiger partial charge >= 0.3 is 6.09 Å². The largest absolute Gasteiger partial charge is 0.442 e. The highest BCUT2D eigenvalue weighted by Crippen LogP contribution is 2.31. The van der Waals surface area contributed by atoms with Crippen LogP contribution in [0.5, 0.6) is 0 Å². The molecule has 0 aromatic heterocycles. The number of nitrogens with zero attached hydrogens (tertiary/aromatic N) is 4. The van der Waals surface area contributed by atoms with Crippen molar-refractivity contribution in [3.8, 4) is 0 Å². The molecule has 154 valence electrons. The molecule has 0 radical (unpaired) electrons. The predicted octanol–water partition coefficient (Wildman–Crippen LogP) is 1.70. The summed E-state index contributed by atoms with van der Waals surface area (Å²) in [6, 6.07) is 2.15. The second-order valence-corrected chi connectivity index (χ2v) is 5.66. The highest BCUT2D eigenvalue weighted by Gasteiger charge is 2.34. The van der Waals surface area contributed by atoms with Crippen molar-refractivity contribution in [2.24, 2.45) is 16.7 Å². The van der Waals surface area contributed by atoms with Gasteiger partial charge in [-0.3, -0.25) is 4.90 Å². The fourth-order valence-corrected chi connectivity index (χ4v) is 2.73. The summed E-state index contributed by atoms with van der Waals surface area (Å²) >= 11 is 0. The number of halogens is 2. The van der Waals surface area contributed by atoms with Crippen molar-refractivity contribution in [2.75, 3.05) is 36.0 Å². The first-order chi connectivity index (χ1) is 13.5. The molecule has 9 nitrogen and oxygen atoms in total. The molecule has 2 aliphatic heterocycles. The zero-order valence-electron chi connectivity index (χ0n) is 15.7. The van der Waals surface area contributed by atoms with Crippen LogP contribution in [-0.2, 0) is 9.57 Å². The Kier molecular flexibility index (Phi) is 7.38. The topological polar surface area (TPSA) is 110 Å². The van der Waals surface area contributed by atoms with E-state index in [9.17, 15) is 13.6 Å². The van der Waals surface area contributed by atoms with Gasteiger partial charge in [-0.2, -0.15) is 0 Å². The number of nitrogens with two attached hydrogens (primary N) is 2. The summed E-state index contributed by atoms with van der Waals surface area (Å²) in [6.07, 6.45) is 2.58. The van der Waals surface area contributed by atoms with E-state index in [1.807, 2.05) is 13.8 Å². The normalized spacial score (nSPS) is 18.6. The van der Waals surface area contributed by atoms with E-state index < -0.39 is 23.8 Å². The molecule has 0 aliphatic carbocycles. The number of hydrogen-bond donors (Lipinski definition) is 2. The number of hydrazine groups is 1. The maximum atomic E-state index is 14.5. The van der Waals surface area contributed by atoms with E-state index in [4.69, 9.17) is 21.2 Å². The molecule has 2 aliphatic rings. The summed E-state index contributed by atoms with van der Waals surface area (Å²) in [5.74, 6) is 4.01. The smallest absolute Gasteiger partial charge is 0.414 e. The van der Waals surface area contributed by atoms with Crippen molar-refractivity contribution in [2.45, 2.75) is 20.0 Å². The van der Waals surface area contributed by atoms with Crippen molar-refractivity contribution in [3.05, 3.63) is 36.2 Å². The van der Waals surface area contributed by atoms with E-state index in [0.29, 0.717) is 0 Å². The van der Waals surface area contributed by atoms with Crippen LogP contribution in [0.15, 0.2) is 29.7 Å². The number of ether oxygens (including phenoxy) is 1. The Labute approximate surface area is 161 Å². The number of hydrogen-bond acceptors (Lipinski definition) is 8. The van der Waals surface area contributed by atoms with Gasteiger partial charge in [0.15, 0.2) is 11.6 Å². The van der Waals surface area contributed by atoms with E-state index in [-0.39, 0.29) is 37.6 Å². The van der Waals surface area contributed by atoms with Gasteiger partial charge in [0, 0.05) is 24.5 Å². The Morgan fingerprint density at radius 2 is 2.04 bits per heavy atom. The van der Waals surface area contributed by atoms with Crippen LogP contribution < -0.4 is 21.4 Å². The number of amides is 1. The Morgan fingerprint density at radius 3 is 2.61 bits per heavy atom. The maximum absolute atomic E-state index is 14.5. The molecule has 2 heterocycles. The van der Waals surface area contributed by atoms with E-state index in [2.05, 4.69) is 5.16 Å². The minimum atomic E-state index is -0.823. The summed E-state index contributed by atoms with van der Waals surface area (Å²) < 4.78 is 34.1. The fraction of sp³-hybridized carbons (Fsp3) is 0.412. The average Bonchev–Trinajstić information content (AvgIpc) is 3.04. The second kappa shape index (κ2) is 9.74. The van der Waals surface area contributed by atoms with Crippen LogP contribution >= 0.6 is 0 Å². The number of anilines is 2. The molecule has 1 fully saturated rings. The van der Waals surface area contributed by atoms with Crippen LogP contribution in [0.4, 0.5) is 25.0 Å². The monoisotopic (exact) mass is 398 g/mol. The molecule has 1 amide bonds. The van der Waals surface area contributed by atoms with Gasteiger partial charge in [0.2, 0.25) is 0 Å². The van der Waals surface area contributed by atoms with Crippen LogP contribution in [0, 0.1) is 11.6 Å². The molecule has 1 saturated heterocycles. The molecule has 0 saturated carbocycles. The van der Waals surface area contributed by atoms with E-state index in [1.165, 1.54) is 28.6 Å². The minimum absolute atomic E-state index is 0.0550. The molecule has 4 N–H and O–H groups in total. The lowest BCUT2D eigenvalue weighted by atomic mass is 10.2. The van der Waals surface area contributed by atoms with Crippen molar-refractivity contribution in [3.63, 3.8) is 0 Å². The Morgan fingerprint density at radius 1 is 1.36 bits per heavy atom. The number of rotatable bonds is 5. The highest BCUT2D eigenvalue weighted by atomic mass is 19.1. The first-order valence-corrected chi connectivity index (χ1v) is 8.78. The average molecular weight is 398 g/mol. The molecule has 0 bridgehead atoms. The molecule has 28 heavy (non-hydrogen) atoms.